The summed E-state index contributed by atoms with van der Waals surface area (Å²) in [6.45, 7) is 21.2. The van der Waals surface area contributed by atoms with Crippen LogP contribution in [-0.4, -0.2) is 68.1 Å². The first-order valence-electron chi connectivity index (χ1n) is 15.1. The third-order valence-corrected chi connectivity index (χ3v) is 9.86. The summed E-state index contributed by atoms with van der Waals surface area (Å²) < 4.78 is 2.45. The van der Waals surface area contributed by atoms with E-state index in [0.29, 0.717) is 12.1 Å². The Hall–Kier alpha value is -3.38. The second-order valence-electron chi connectivity index (χ2n) is 11.7. The molecule has 0 bridgehead atoms. The minimum Gasteiger partial charge on any atom is -0.365 e. The van der Waals surface area contributed by atoms with E-state index >= 15 is 0 Å². The Bertz CT molecular complexity index is 1370. The van der Waals surface area contributed by atoms with E-state index in [9.17, 15) is 0 Å². The Morgan fingerprint density at radius 3 is 2.39 bits per heavy atom. The number of nitrogens with zero attached hydrogens (tertiary/aromatic N) is 5. The standard InChI is InChI=1S/C35H45N5S/c1-6-21-37(22-7-2)34(41)38-23-18-35(19-24-38,29-14-10-9-11-15-29)20-25-39-27(4)33(39)26-30(8-3)40-28(5)36-31-16-12-13-17-32(31)40/h6-7,9-17,30,33H,1-2,4,8,18-26H2,3,5H3. The molecule has 41 heavy (non-hydrogen) atoms. The highest BCUT2D eigenvalue weighted by Gasteiger charge is 2.43. The van der Waals surface area contributed by atoms with Gasteiger partial charge in [-0.2, -0.15) is 0 Å². The van der Waals surface area contributed by atoms with Gasteiger partial charge in [0.05, 0.1) is 17.1 Å². The highest BCUT2D eigenvalue weighted by molar-refractivity contribution is 7.80. The second kappa shape index (κ2) is 12.6. The highest BCUT2D eigenvalue weighted by Crippen LogP contribution is 2.44. The normalized spacial score (nSPS) is 18.8. The maximum Gasteiger partial charge on any atom is 0.172 e. The molecule has 0 N–H and O–H groups in total. The molecule has 2 saturated heterocycles. The van der Waals surface area contributed by atoms with Gasteiger partial charge in [-0.3, -0.25) is 0 Å². The molecule has 6 heteroatoms. The van der Waals surface area contributed by atoms with E-state index in [2.05, 4.69) is 107 Å². The zero-order valence-electron chi connectivity index (χ0n) is 24.8. The molecule has 2 aliphatic heterocycles. The molecule has 0 radical (unpaired) electrons. The monoisotopic (exact) mass is 567 g/mol. The Balaban J connectivity index is 1.26. The van der Waals surface area contributed by atoms with Crippen molar-refractivity contribution in [1.29, 1.82) is 0 Å². The van der Waals surface area contributed by atoms with Crippen LogP contribution >= 0.6 is 12.2 Å². The zero-order chi connectivity index (χ0) is 29.0. The van der Waals surface area contributed by atoms with Crippen LogP contribution in [0, 0.1) is 6.92 Å². The van der Waals surface area contributed by atoms with Crippen LogP contribution in [0.3, 0.4) is 0 Å². The number of aryl methyl sites for hydroxylation is 1. The second-order valence-corrected chi connectivity index (χ2v) is 12.0. The van der Waals surface area contributed by atoms with Crippen molar-refractivity contribution >= 4 is 28.4 Å². The van der Waals surface area contributed by atoms with Gasteiger partial charge >= 0.3 is 0 Å². The lowest BCUT2D eigenvalue weighted by Gasteiger charge is -2.45. The summed E-state index contributed by atoms with van der Waals surface area (Å²) in [4.78, 5) is 12.0. The number of fused-ring (bicyclic) bond motifs is 1. The summed E-state index contributed by atoms with van der Waals surface area (Å²) in [5.41, 5.74) is 5.21. The van der Waals surface area contributed by atoms with Crippen LogP contribution in [0.25, 0.3) is 11.0 Å². The molecule has 2 fully saturated rings. The Labute approximate surface area is 251 Å². The van der Waals surface area contributed by atoms with E-state index in [1.807, 2.05) is 12.2 Å². The lowest BCUT2D eigenvalue weighted by atomic mass is 9.70. The molecule has 2 atom stereocenters. The topological polar surface area (TPSA) is 27.3 Å². The summed E-state index contributed by atoms with van der Waals surface area (Å²) in [6, 6.07) is 20.5. The van der Waals surface area contributed by atoms with Gasteiger partial charge in [0.1, 0.15) is 5.82 Å². The van der Waals surface area contributed by atoms with Gasteiger partial charge < -0.3 is 19.3 Å². The molecule has 2 aliphatic rings. The van der Waals surface area contributed by atoms with Crippen molar-refractivity contribution in [3.05, 3.63) is 104 Å². The fourth-order valence-corrected chi connectivity index (χ4v) is 7.24. The third-order valence-electron chi connectivity index (χ3n) is 9.34. The number of aromatic nitrogens is 2. The molecule has 0 aliphatic carbocycles. The molecule has 2 aromatic carbocycles. The van der Waals surface area contributed by atoms with Crippen molar-refractivity contribution < 1.29 is 0 Å². The maximum atomic E-state index is 5.92. The molecule has 216 valence electrons. The highest BCUT2D eigenvalue weighted by atomic mass is 32.1. The van der Waals surface area contributed by atoms with Crippen LogP contribution in [0.5, 0.6) is 0 Å². The predicted molar refractivity (Wildman–Crippen MR) is 176 cm³/mol. The molecule has 0 spiro atoms. The fourth-order valence-electron chi connectivity index (χ4n) is 6.91. The first-order chi connectivity index (χ1) is 19.9. The lowest BCUT2D eigenvalue weighted by Crippen LogP contribution is -2.50. The zero-order valence-corrected chi connectivity index (χ0v) is 25.7. The number of hydrogen-bond acceptors (Lipinski definition) is 3. The van der Waals surface area contributed by atoms with E-state index in [-0.39, 0.29) is 5.41 Å². The van der Waals surface area contributed by atoms with E-state index in [1.165, 1.54) is 16.8 Å². The van der Waals surface area contributed by atoms with E-state index in [4.69, 9.17) is 17.2 Å². The maximum absolute atomic E-state index is 5.92. The number of hydrogen-bond donors (Lipinski definition) is 0. The molecule has 0 amide bonds. The Morgan fingerprint density at radius 2 is 1.73 bits per heavy atom. The average Bonchev–Trinajstić information content (AvgIpc) is 3.48. The summed E-state index contributed by atoms with van der Waals surface area (Å²) in [7, 11) is 0. The average molecular weight is 568 g/mol. The van der Waals surface area contributed by atoms with Crippen LogP contribution < -0.4 is 0 Å². The molecular weight excluding hydrogens is 522 g/mol. The first kappa shape index (κ1) is 29.1. The van der Waals surface area contributed by atoms with Crippen molar-refractivity contribution in [3.63, 3.8) is 0 Å². The van der Waals surface area contributed by atoms with Gasteiger partial charge in [-0.05, 0) is 68.9 Å². The van der Waals surface area contributed by atoms with Crippen LogP contribution in [0.2, 0.25) is 0 Å². The molecule has 3 aromatic rings. The van der Waals surface area contributed by atoms with Crippen LogP contribution in [0.4, 0.5) is 0 Å². The summed E-state index contributed by atoms with van der Waals surface area (Å²) in [5.74, 6) is 1.10. The minimum atomic E-state index is 0.143. The van der Waals surface area contributed by atoms with Gasteiger partial charge in [0.25, 0.3) is 0 Å². The van der Waals surface area contributed by atoms with Crippen molar-refractivity contribution in [1.82, 2.24) is 24.3 Å². The molecule has 0 saturated carbocycles. The summed E-state index contributed by atoms with van der Waals surface area (Å²) in [6.07, 6.45) is 9.31. The van der Waals surface area contributed by atoms with Crippen LogP contribution in [-0.2, 0) is 5.41 Å². The quantitative estimate of drug-likeness (QED) is 0.130. The van der Waals surface area contributed by atoms with E-state index in [1.54, 1.807) is 0 Å². The largest absolute Gasteiger partial charge is 0.365 e. The SMILES string of the molecule is C=CCN(CC=C)C(=S)N1CCC(CCN2C(=C)C2CC(CC)n2c(C)nc3ccccc32)(c2ccccc2)CC1. The van der Waals surface area contributed by atoms with Crippen LogP contribution in [0.15, 0.2) is 92.2 Å². The third kappa shape index (κ3) is 5.99. The lowest BCUT2D eigenvalue weighted by molar-refractivity contribution is 0.193. The Morgan fingerprint density at radius 1 is 1.07 bits per heavy atom. The molecule has 2 unspecified atom stereocenters. The number of para-hydroxylation sites is 2. The summed E-state index contributed by atoms with van der Waals surface area (Å²) >= 11 is 5.92. The van der Waals surface area contributed by atoms with E-state index in [0.717, 1.165) is 81.3 Å². The molecule has 3 heterocycles. The van der Waals surface area contributed by atoms with Gasteiger partial charge in [0.2, 0.25) is 0 Å². The molecule has 5 nitrogen and oxygen atoms in total. The number of piperidine rings is 1. The predicted octanol–water partition coefficient (Wildman–Crippen LogP) is 7.27. The molecule has 5 rings (SSSR count). The first-order valence-corrected chi connectivity index (χ1v) is 15.5. The van der Waals surface area contributed by atoms with Gasteiger partial charge in [-0.25, -0.2) is 4.98 Å². The van der Waals surface area contributed by atoms with Crippen LogP contribution in [0.1, 0.15) is 56.5 Å². The van der Waals surface area contributed by atoms with Crippen molar-refractivity contribution in [2.45, 2.75) is 63.5 Å². The number of likely N-dealkylation sites (tertiary alicyclic amines) is 1. The number of thiocarbonyl (C=S) groups is 1. The van der Waals surface area contributed by atoms with Gasteiger partial charge in [-0.1, -0.05) is 68.1 Å². The molecular formula is C35H45N5S. The van der Waals surface area contributed by atoms with Gasteiger partial charge in [0.15, 0.2) is 5.11 Å². The van der Waals surface area contributed by atoms with Crippen molar-refractivity contribution in [2.24, 2.45) is 0 Å². The molecule has 1 aromatic heterocycles. The van der Waals surface area contributed by atoms with Gasteiger partial charge in [0, 0.05) is 49.9 Å². The number of rotatable bonds is 12. The fraction of sp³-hybridized carbons (Fsp3) is 0.429. The van der Waals surface area contributed by atoms with Crippen molar-refractivity contribution in [2.75, 3.05) is 32.7 Å². The smallest absolute Gasteiger partial charge is 0.172 e. The van der Waals surface area contributed by atoms with Gasteiger partial charge in [-0.15, -0.1) is 13.2 Å². The van der Waals surface area contributed by atoms with E-state index < -0.39 is 0 Å². The number of imidazole rings is 1. The minimum absolute atomic E-state index is 0.143. The van der Waals surface area contributed by atoms with Crippen molar-refractivity contribution in [3.8, 4) is 0 Å². The Kier molecular flexibility index (Phi) is 8.98. The summed E-state index contributed by atoms with van der Waals surface area (Å²) in [5, 5.41) is 0.916. The number of benzene rings is 2.